The highest BCUT2D eigenvalue weighted by Crippen LogP contribution is 2.13. The number of carbonyl (C=O) groups is 1. The van der Waals surface area contributed by atoms with Gasteiger partial charge in [0.1, 0.15) is 5.82 Å². The summed E-state index contributed by atoms with van der Waals surface area (Å²) in [4.78, 5) is 14.0. The zero-order chi connectivity index (χ0) is 11.5. The first-order chi connectivity index (χ1) is 7.66. The van der Waals surface area contributed by atoms with Crippen LogP contribution in [0, 0.1) is 12.7 Å². The van der Waals surface area contributed by atoms with Gasteiger partial charge in [-0.2, -0.15) is 0 Å². The Morgan fingerprint density at radius 2 is 2.06 bits per heavy atom. The second-order valence-electron chi connectivity index (χ2n) is 4.39. The molecule has 1 aliphatic heterocycles. The number of benzene rings is 1. The van der Waals surface area contributed by atoms with Crippen molar-refractivity contribution in [1.82, 2.24) is 4.90 Å². The molecule has 0 aromatic heterocycles. The molecule has 1 fully saturated rings. The van der Waals surface area contributed by atoms with Crippen molar-refractivity contribution in [2.45, 2.75) is 19.8 Å². The third kappa shape index (κ3) is 2.47. The number of nitrogens with zero attached hydrogens (tertiary/aromatic N) is 1. The third-order valence-electron chi connectivity index (χ3n) is 2.99. The first kappa shape index (κ1) is 11.3. The topological polar surface area (TPSA) is 20.3 Å². The Kier molecular flexibility index (Phi) is 3.34. The molecular weight excluding hydrogens is 205 g/mol. The van der Waals surface area contributed by atoms with Crippen molar-refractivity contribution >= 4 is 5.78 Å². The summed E-state index contributed by atoms with van der Waals surface area (Å²) in [6, 6.07) is 4.68. The van der Waals surface area contributed by atoms with Crippen molar-refractivity contribution in [3.05, 3.63) is 35.1 Å². The maximum absolute atomic E-state index is 13.5. The van der Waals surface area contributed by atoms with Gasteiger partial charge >= 0.3 is 0 Å². The van der Waals surface area contributed by atoms with Crippen molar-refractivity contribution in [2.75, 3.05) is 19.6 Å². The Morgan fingerprint density at radius 1 is 1.38 bits per heavy atom. The standard InChI is InChI=1S/C13H16FNO/c1-10-4-5-12(14)11(8-10)13(16)9-15-6-2-3-7-15/h4-5,8H,2-3,6-7,9H2,1H3. The van der Waals surface area contributed by atoms with Crippen LogP contribution in [0.25, 0.3) is 0 Å². The molecule has 1 heterocycles. The van der Waals surface area contributed by atoms with E-state index in [1.54, 1.807) is 12.1 Å². The van der Waals surface area contributed by atoms with Crippen LogP contribution >= 0.6 is 0 Å². The average Bonchev–Trinajstić information content (AvgIpc) is 2.74. The van der Waals surface area contributed by atoms with E-state index in [4.69, 9.17) is 0 Å². The van der Waals surface area contributed by atoms with Crippen LogP contribution in [0.2, 0.25) is 0 Å². The predicted molar refractivity (Wildman–Crippen MR) is 61.1 cm³/mol. The van der Waals surface area contributed by atoms with Crippen molar-refractivity contribution in [3.8, 4) is 0 Å². The zero-order valence-electron chi connectivity index (χ0n) is 9.50. The van der Waals surface area contributed by atoms with Crippen LogP contribution in [0.4, 0.5) is 4.39 Å². The fourth-order valence-electron chi connectivity index (χ4n) is 2.08. The number of halogens is 1. The quantitative estimate of drug-likeness (QED) is 0.730. The van der Waals surface area contributed by atoms with Gasteiger partial charge in [-0.3, -0.25) is 9.69 Å². The molecule has 2 rings (SSSR count). The van der Waals surface area contributed by atoms with E-state index >= 15 is 0 Å². The van der Waals surface area contributed by atoms with Crippen LogP contribution < -0.4 is 0 Å². The molecule has 1 aromatic rings. The summed E-state index contributed by atoms with van der Waals surface area (Å²) in [5.74, 6) is -0.516. The minimum Gasteiger partial charge on any atom is -0.296 e. The molecule has 0 spiro atoms. The molecule has 0 bridgehead atoms. The van der Waals surface area contributed by atoms with Crippen molar-refractivity contribution in [3.63, 3.8) is 0 Å². The summed E-state index contributed by atoms with van der Waals surface area (Å²) in [5.41, 5.74) is 1.15. The van der Waals surface area contributed by atoms with Crippen LogP contribution in [0.1, 0.15) is 28.8 Å². The maximum Gasteiger partial charge on any atom is 0.179 e. The molecule has 0 atom stereocenters. The van der Waals surface area contributed by atoms with Gasteiger partial charge in [0.05, 0.1) is 12.1 Å². The fraction of sp³-hybridized carbons (Fsp3) is 0.462. The second kappa shape index (κ2) is 4.74. The number of carbonyl (C=O) groups excluding carboxylic acids is 1. The molecule has 0 amide bonds. The van der Waals surface area contributed by atoms with E-state index in [1.165, 1.54) is 6.07 Å². The van der Waals surface area contributed by atoms with Gasteiger partial charge in [-0.1, -0.05) is 11.6 Å². The van der Waals surface area contributed by atoms with Crippen LogP contribution in [0.5, 0.6) is 0 Å². The molecule has 86 valence electrons. The molecule has 3 heteroatoms. The highest BCUT2D eigenvalue weighted by atomic mass is 19.1. The van der Waals surface area contributed by atoms with Crippen molar-refractivity contribution in [1.29, 1.82) is 0 Å². The lowest BCUT2D eigenvalue weighted by Gasteiger charge is -2.13. The van der Waals surface area contributed by atoms with Gasteiger partial charge in [-0.05, 0) is 45.0 Å². The number of Topliss-reactive ketones (excluding diaryl/α,β-unsaturated/α-hetero) is 1. The lowest BCUT2D eigenvalue weighted by atomic mass is 10.1. The normalized spacial score (nSPS) is 16.6. The smallest absolute Gasteiger partial charge is 0.179 e. The average molecular weight is 221 g/mol. The van der Waals surface area contributed by atoms with E-state index in [0.29, 0.717) is 6.54 Å². The highest BCUT2D eigenvalue weighted by Gasteiger charge is 2.18. The van der Waals surface area contributed by atoms with Crippen LogP contribution in [0.15, 0.2) is 18.2 Å². The summed E-state index contributed by atoms with van der Waals surface area (Å²) in [5, 5.41) is 0. The Hall–Kier alpha value is -1.22. The van der Waals surface area contributed by atoms with Crippen LogP contribution in [-0.4, -0.2) is 30.3 Å². The van der Waals surface area contributed by atoms with Gasteiger partial charge in [0.2, 0.25) is 0 Å². The highest BCUT2D eigenvalue weighted by molar-refractivity contribution is 5.98. The molecule has 0 saturated carbocycles. The molecule has 1 aromatic carbocycles. The van der Waals surface area contributed by atoms with Crippen LogP contribution in [-0.2, 0) is 0 Å². The zero-order valence-corrected chi connectivity index (χ0v) is 9.50. The summed E-state index contributed by atoms with van der Waals surface area (Å²) in [6.45, 7) is 4.13. The molecule has 0 N–H and O–H groups in total. The number of hydrogen-bond donors (Lipinski definition) is 0. The molecule has 0 unspecified atom stereocenters. The summed E-state index contributed by atoms with van der Waals surface area (Å²) >= 11 is 0. The van der Waals surface area contributed by atoms with Gasteiger partial charge in [0, 0.05) is 0 Å². The Labute approximate surface area is 95.1 Å². The number of hydrogen-bond acceptors (Lipinski definition) is 2. The van der Waals surface area contributed by atoms with E-state index in [-0.39, 0.29) is 11.3 Å². The van der Waals surface area contributed by atoms with E-state index < -0.39 is 5.82 Å². The molecule has 0 aliphatic carbocycles. The Morgan fingerprint density at radius 3 is 2.75 bits per heavy atom. The van der Waals surface area contributed by atoms with Crippen molar-refractivity contribution in [2.24, 2.45) is 0 Å². The number of ketones is 1. The number of rotatable bonds is 3. The minimum atomic E-state index is -0.408. The molecule has 16 heavy (non-hydrogen) atoms. The lowest BCUT2D eigenvalue weighted by Crippen LogP contribution is -2.27. The van der Waals surface area contributed by atoms with Gasteiger partial charge in [0.15, 0.2) is 5.78 Å². The molecule has 1 saturated heterocycles. The first-order valence-electron chi connectivity index (χ1n) is 5.68. The molecular formula is C13H16FNO. The Bertz CT molecular complexity index is 397. The summed E-state index contributed by atoms with van der Waals surface area (Å²) < 4.78 is 13.5. The third-order valence-corrected chi connectivity index (χ3v) is 2.99. The SMILES string of the molecule is Cc1ccc(F)c(C(=O)CN2CCCC2)c1. The number of aryl methyl sites for hydroxylation is 1. The van der Waals surface area contributed by atoms with Gasteiger partial charge in [-0.15, -0.1) is 0 Å². The first-order valence-corrected chi connectivity index (χ1v) is 5.68. The van der Waals surface area contributed by atoms with Gasteiger partial charge in [0.25, 0.3) is 0 Å². The second-order valence-corrected chi connectivity index (χ2v) is 4.39. The summed E-state index contributed by atoms with van der Waals surface area (Å²) in [6.07, 6.45) is 2.28. The maximum atomic E-state index is 13.5. The van der Waals surface area contributed by atoms with Crippen molar-refractivity contribution < 1.29 is 9.18 Å². The lowest BCUT2D eigenvalue weighted by molar-refractivity contribution is 0.0941. The molecule has 2 nitrogen and oxygen atoms in total. The number of likely N-dealkylation sites (tertiary alicyclic amines) is 1. The fourth-order valence-corrected chi connectivity index (χ4v) is 2.08. The van der Waals surface area contributed by atoms with Crippen LogP contribution in [0.3, 0.4) is 0 Å². The molecule has 1 aliphatic rings. The molecule has 0 radical (unpaired) electrons. The van der Waals surface area contributed by atoms with E-state index in [2.05, 4.69) is 4.90 Å². The van der Waals surface area contributed by atoms with E-state index in [0.717, 1.165) is 31.5 Å². The largest absolute Gasteiger partial charge is 0.296 e. The van der Waals surface area contributed by atoms with Gasteiger partial charge in [-0.25, -0.2) is 4.39 Å². The van der Waals surface area contributed by atoms with E-state index in [9.17, 15) is 9.18 Å². The predicted octanol–water partition coefficient (Wildman–Crippen LogP) is 2.41. The Balaban J connectivity index is 2.10. The summed E-state index contributed by atoms with van der Waals surface area (Å²) in [7, 11) is 0. The monoisotopic (exact) mass is 221 g/mol. The van der Waals surface area contributed by atoms with Gasteiger partial charge < -0.3 is 0 Å². The minimum absolute atomic E-state index is 0.108. The van der Waals surface area contributed by atoms with E-state index in [1.807, 2.05) is 6.92 Å².